The number of rotatable bonds is 6. The van der Waals surface area contributed by atoms with E-state index in [9.17, 15) is 44.6 Å². The van der Waals surface area contributed by atoms with Crippen LogP contribution >= 0.6 is 0 Å². The predicted molar refractivity (Wildman–Crippen MR) is 63.5 cm³/mol. The van der Waals surface area contributed by atoms with Crippen LogP contribution in [0.5, 0.6) is 5.75 Å². The van der Waals surface area contributed by atoms with Gasteiger partial charge in [-0.15, -0.1) is 0 Å². The van der Waals surface area contributed by atoms with Crippen molar-refractivity contribution in [2.75, 3.05) is 6.61 Å². The highest BCUT2D eigenvalue weighted by molar-refractivity contribution is 5.36. The zero-order valence-corrected chi connectivity index (χ0v) is 11.9. The number of para-hydroxylation sites is 1. The van der Waals surface area contributed by atoms with Crippen molar-refractivity contribution < 1.29 is 49.4 Å². The number of alkyl halides is 9. The lowest BCUT2D eigenvalue weighted by molar-refractivity contribution is -0.406. The van der Waals surface area contributed by atoms with E-state index in [1.165, 1.54) is 13.0 Å². The van der Waals surface area contributed by atoms with Crippen LogP contribution in [0.15, 0.2) is 24.3 Å². The molecule has 0 aliphatic heterocycles. The average Bonchev–Trinajstić information content (AvgIpc) is 2.45. The van der Waals surface area contributed by atoms with Crippen LogP contribution in [0.1, 0.15) is 18.6 Å². The first kappa shape index (κ1) is 20.4. The molecule has 1 aromatic rings. The van der Waals surface area contributed by atoms with Crippen molar-refractivity contribution in [3.63, 3.8) is 0 Å². The fraction of sp³-hybridized carbons (Fsp3) is 0.538. The zero-order chi connectivity index (χ0) is 19.0. The molecule has 0 aliphatic rings. The Balaban J connectivity index is 3.38. The lowest BCUT2D eigenvalue weighted by Gasteiger charge is -2.36. The fourth-order valence-electron chi connectivity index (χ4n) is 1.75. The van der Waals surface area contributed by atoms with Gasteiger partial charge >= 0.3 is 23.9 Å². The molecule has 1 N–H and O–H groups in total. The molecule has 0 heterocycles. The molecule has 0 saturated carbocycles. The van der Waals surface area contributed by atoms with Crippen molar-refractivity contribution in [1.29, 1.82) is 0 Å². The molecule has 2 nitrogen and oxygen atoms in total. The summed E-state index contributed by atoms with van der Waals surface area (Å²) in [5.41, 5.74) is -1.05. The van der Waals surface area contributed by atoms with Crippen molar-refractivity contribution in [3.05, 3.63) is 29.8 Å². The Morgan fingerprint density at radius 2 is 1.42 bits per heavy atom. The molecule has 1 atom stereocenters. The number of halogens is 9. The highest BCUT2D eigenvalue weighted by atomic mass is 19.4. The normalized spacial score (nSPS) is 15.3. The molecule has 24 heavy (non-hydrogen) atoms. The van der Waals surface area contributed by atoms with E-state index in [0.717, 1.165) is 12.1 Å². The van der Waals surface area contributed by atoms with Crippen molar-refractivity contribution in [1.82, 2.24) is 0 Å². The van der Waals surface area contributed by atoms with Crippen molar-refractivity contribution >= 4 is 0 Å². The molecular formula is C13H11F9O2. The second kappa shape index (κ2) is 6.34. The minimum absolute atomic E-state index is 0.162. The third-order valence-corrected chi connectivity index (χ3v) is 3.03. The van der Waals surface area contributed by atoms with Crippen LogP contribution in [0.4, 0.5) is 39.5 Å². The summed E-state index contributed by atoms with van der Waals surface area (Å²) in [5, 5.41) is 9.41. The van der Waals surface area contributed by atoms with Gasteiger partial charge in [-0.05, 0) is 13.0 Å². The molecule has 0 amide bonds. The summed E-state index contributed by atoms with van der Waals surface area (Å²) in [6.07, 6.45) is -10.6. The topological polar surface area (TPSA) is 29.5 Å². The van der Waals surface area contributed by atoms with E-state index in [0.29, 0.717) is 6.07 Å². The highest BCUT2D eigenvalue weighted by Gasteiger charge is 2.83. The third-order valence-electron chi connectivity index (χ3n) is 3.03. The van der Waals surface area contributed by atoms with Gasteiger partial charge < -0.3 is 9.84 Å². The molecule has 0 spiro atoms. The van der Waals surface area contributed by atoms with Gasteiger partial charge in [-0.25, -0.2) is 0 Å². The maximum Gasteiger partial charge on any atom is 0.460 e. The summed E-state index contributed by atoms with van der Waals surface area (Å²) in [7, 11) is 0. The minimum Gasteiger partial charge on any atom is -0.493 e. The maximum absolute atomic E-state index is 13.7. The smallest absolute Gasteiger partial charge is 0.460 e. The summed E-state index contributed by atoms with van der Waals surface area (Å²) in [4.78, 5) is 0. The van der Waals surface area contributed by atoms with Crippen molar-refractivity contribution in [2.24, 2.45) is 0 Å². The van der Waals surface area contributed by atoms with Crippen LogP contribution in [0, 0.1) is 0 Å². The average molecular weight is 370 g/mol. The maximum atomic E-state index is 13.7. The molecule has 138 valence electrons. The number of aliphatic hydroxyl groups is 1. The lowest BCUT2D eigenvalue weighted by Crippen LogP contribution is -2.62. The summed E-state index contributed by atoms with van der Waals surface area (Å²) in [6, 6.07) is 3.78. The zero-order valence-electron chi connectivity index (χ0n) is 11.9. The SMILES string of the molecule is CCOc1ccccc1C(O)C(F)(F)C(F)(F)C(F)(F)C(F)(F)F. The minimum atomic E-state index is -7.06. The van der Waals surface area contributed by atoms with Gasteiger partial charge in [-0.3, -0.25) is 0 Å². The van der Waals surface area contributed by atoms with E-state index in [2.05, 4.69) is 0 Å². The second-order valence-electron chi connectivity index (χ2n) is 4.64. The first-order chi connectivity index (χ1) is 10.7. The van der Waals surface area contributed by atoms with E-state index >= 15 is 0 Å². The molecular weight excluding hydrogens is 359 g/mol. The molecule has 0 radical (unpaired) electrons. The summed E-state index contributed by atoms with van der Waals surface area (Å²) >= 11 is 0. The Morgan fingerprint density at radius 1 is 0.917 bits per heavy atom. The largest absolute Gasteiger partial charge is 0.493 e. The van der Waals surface area contributed by atoms with Crippen molar-refractivity contribution in [3.8, 4) is 5.75 Å². The Hall–Kier alpha value is -1.65. The van der Waals surface area contributed by atoms with Crippen LogP contribution in [0.2, 0.25) is 0 Å². The van der Waals surface area contributed by atoms with E-state index in [1.54, 1.807) is 0 Å². The quantitative estimate of drug-likeness (QED) is 0.743. The van der Waals surface area contributed by atoms with Crippen LogP contribution in [0.3, 0.4) is 0 Å². The molecule has 0 saturated heterocycles. The highest BCUT2D eigenvalue weighted by Crippen LogP contribution is 2.56. The van der Waals surface area contributed by atoms with Crippen LogP contribution in [0.25, 0.3) is 0 Å². The standard InChI is InChI=1S/C13H11F9O2/c1-2-24-8-6-4-3-5-7(8)9(23)10(14,15)11(16,17)12(18,19)13(20,21)22/h3-6,9,23H,2H2,1H3. The lowest BCUT2D eigenvalue weighted by atomic mass is 9.94. The van der Waals surface area contributed by atoms with Gasteiger partial charge in [0, 0.05) is 5.56 Å². The number of hydrogen-bond donors (Lipinski definition) is 1. The Kier molecular flexibility index (Phi) is 5.39. The van der Waals surface area contributed by atoms with Gasteiger partial charge in [0.05, 0.1) is 6.61 Å². The van der Waals surface area contributed by atoms with E-state index in [1.807, 2.05) is 0 Å². The van der Waals surface area contributed by atoms with Gasteiger partial charge in [0.2, 0.25) is 0 Å². The van der Waals surface area contributed by atoms with Crippen molar-refractivity contribution in [2.45, 2.75) is 37.0 Å². The fourth-order valence-corrected chi connectivity index (χ4v) is 1.75. The van der Waals surface area contributed by atoms with Crippen LogP contribution in [-0.2, 0) is 0 Å². The Bertz CT molecular complexity index is 569. The summed E-state index contributed by atoms with van der Waals surface area (Å²) < 4.78 is 121. The molecule has 1 aromatic carbocycles. The molecule has 11 heteroatoms. The summed E-state index contributed by atoms with van der Waals surface area (Å²) in [6.45, 7) is 1.21. The molecule has 0 aromatic heterocycles. The first-order valence-electron chi connectivity index (χ1n) is 6.31. The van der Waals surface area contributed by atoms with Gasteiger partial charge in [-0.1, -0.05) is 18.2 Å². The Labute approximate surface area is 129 Å². The number of benzene rings is 1. The third kappa shape index (κ3) is 3.13. The predicted octanol–water partition coefficient (Wildman–Crippen LogP) is 4.59. The van der Waals surface area contributed by atoms with Crippen LogP contribution in [-0.4, -0.2) is 35.7 Å². The molecule has 1 unspecified atom stereocenters. The van der Waals surface area contributed by atoms with Gasteiger partial charge in [0.25, 0.3) is 0 Å². The van der Waals surface area contributed by atoms with E-state index in [4.69, 9.17) is 4.74 Å². The molecule has 1 rings (SSSR count). The molecule has 0 aliphatic carbocycles. The molecule has 0 fully saturated rings. The van der Waals surface area contributed by atoms with Crippen LogP contribution < -0.4 is 4.74 Å². The number of aliphatic hydroxyl groups excluding tert-OH is 1. The second-order valence-corrected chi connectivity index (χ2v) is 4.64. The summed E-state index contributed by atoms with van der Waals surface area (Å²) in [5.74, 6) is -20.7. The molecule has 0 bridgehead atoms. The number of hydrogen-bond acceptors (Lipinski definition) is 2. The first-order valence-corrected chi connectivity index (χ1v) is 6.31. The van der Waals surface area contributed by atoms with Gasteiger partial charge in [0.15, 0.2) is 6.10 Å². The monoisotopic (exact) mass is 370 g/mol. The number of ether oxygens (including phenoxy) is 1. The van der Waals surface area contributed by atoms with Gasteiger partial charge in [0.1, 0.15) is 5.75 Å². The Morgan fingerprint density at radius 3 is 1.88 bits per heavy atom. The van der Waals surface area contributed by atoms with E-state index < -0.39 is 41.4 Å². The van der Waals surface area contributed by atoms with E-state index in [-0.39, 0.29) is 6.61 Å². The van der Waals surface area contributed by atoms with Gasteiger partial charge in [-0.2, -0.15) is 39.5 Å².